The van der Waals surface area contributed by atoms with Crippen LogP contribution in [0.3, 0.4) is 0 Å². The summed E-state index contributed by atoms with van der Waals surface area (Å²) < 4.78 is 16.9. The average molecular weight is 400 g/mol. The van der Waals surface area contributed by atoms with Gasteiger partial charge in [0.15, 0.2) is 6.61 Å². The third-order valence-corrected chi connectivity index (χ3v) is 7.44. The maximum absolute atomic E-state index is 11.9. The minimum absolute atomic E-state index is 0.0706. The zero-order valence-corrected chi connectivity index (χ0v) is 18.3. The number of ether oxygens (including phenoxy) is 2. The van der Waals surface area contributed by atoms with Crippen LogP contribution in [0.25, 0.3) is 0 Å². The molecule has 0 aromatic heterocycles. The van der Waals surface area contributed by atoms with Gasteiger partial charge in [-0.05, 0) is 37.7 Å². The monoisotopic (exact) mass is 399 g/mol. The van der Waals surface area contributed by atoms with Gasteiger partial charge in [-0.25, -0.2) is 0 Å². The van der Waals surface area contributed by atoms with Crippen molar-refractivity contribution in [3.05, 3.63) is 30.3 Å². The van der Waals surface area contributed by atoms with Crippen LogP contribution in [0.15, 0.2) is 30.3 Å². The van der Waals surface area contributed by atoms with Crippen molar-refractivity contribution in [3.8, 4) is 5.75 Å². The van der Waals surface area contributed by atoms with Crippen LogP contribution in [0.4, 0.5) is 0 Å². The van der Waals surface area contributed by atoms with Crippen molar-refractivity contribution in [1.29, 1.82) is 0 Å². The Bertz CT molecular complexity index is 474. The third kappa shape index (κ3) is 11.0. The van der Waals surface area contributed by atoms with Crippen molar-refractivity contribution in [3.63, 3.8) is 0 Å². The van der Waals surface area contributed by atoms with E-state index in [1.165, 1.54) is 11.8 Å². The van der Waals surface area contributed by atoms with Gasteiger partial charge in [0.1, 0.15) is 5.75 Å². The second kappa shape index (κ2) is 15.2. The summed E-state index contributed by atoms with van der Waals surface area (Å²) in [7, 11) is 0.381. The number of benzene rings is 1. The second-order valence-electron chi connectivity index (χ2n) is 5.94. The number of likely N-dealkylation sites (N-methyl/N-ethyl adjacent to an activating group) is 1. The molecule has 1 aromatic rings. The molecule has 148 valence electrons. The standard InChI is InChI=1S/C19H33NO4SSi/c1-4-20(5-2)12-13-24-26(17-22-3)15-9-14-25-19(21)16-23-18-10-7-6-8-11-18/h6-8,10-11,26H,4-5,9,12-17H2,1-3H3. The maximum atomic E-state index is 11.9. The largest absolute Gasteiger partial charge is 0.485 e. The lowest BCUT2D eigenvalue weighted by molar-refractivity contribution is -0.112. The Morgan fingerprint density at radius 1 is 1.19 bits per heavy atom. The first-order valence-corrected chi connectivity index (χ1v) is 12.4. The lowest BCUT2D eigenvalue weighted by Gasteiger charge is -2.21. The van der Waals surface area contributed by atoms with Crippen LogP contribution >= 0.6 is 11.8 Å². The first-order chi connectivity index (χ1) is 12.7. The van der Waals surface area contributed by atoms with Gasteiger partial charge in [-0.2, -0.15) is 0 Å². The van der Waals surface area contributed by atoms with Crippen molar-refractivity contribution in [2.24, 2.45) is 0 Å². The van der Waals surface area contributed by atoms with Gasteiger partial charge in [-0.3, -0.25) is 4.79 Å². The van der Waals surface area contributed by atoms with Gasteiger partial charge in [-0.15, -0.1) is 0 Å². The van der Waals surface area contributed by atoms with Crippen LogP contribution < -0.4 is 4.74 Å². The van der Waals surface area contributed by atoms with Crippen LogP contribution in [-0.4, -0.2) is 71.0 Å². The summed E-state index contributed by atoms with van der Waals surface area (Å²) in [4.78, 5) is 14.2. The zero-order valence-electron chi connectivity index (χ0n) is 16.3. The highest BCUT2D eigenvalue weighted by atomic mass is 32.2. The summed E-state index contributed by atoms with van der Waals surface area (Å²) in [6.07, 6.45) is 1.71. The Hall–Kier alpha value is -0.863. The number of carbonyl (C=O) groups excluding carboxylic acids is 1. The van der Waals surface area contributed by atoms with Crippen LogP contribution in [0.2, 0.25) is 6.04 Å². The van der Waals surface area contributed by atoms with Crippen molar-refractivity contribution in [1.82, 2.24) is 4.90 Å². The van der Waals surface area contributed by atoms with Crippen LogP contribution in [0.1, 0.15) is 20.3 Å². The van der Waals surface area contributed by atoms with Gasteiger partial charge in [-0.1, -0.05) is 43.8 Å². The summed E-state index contributed by atoms with van der Waals surface area (Å²) in [6, 6.07) is 10.5. The van der Waals surface area contributed by atoms with E-state index in [2.05, 4.69) is 18.7 Å². The second-order valence-corrected chi connectivity index (χ2v) is 9.58. The Morgan fingerprint density at radius 2 is 1.92 bits per heavy atom. The molecule has 0 bridgehead atoms. The molecule has 1 rings (SSSR count). The van der Waals surface area contributed by atoms with Crippen molar-refractivity contribution >= 4 is 25.9 Å². The summed E-state index contributed by atoms with van der Waals surface area (Å²) >= 11 is 1.35. The van der Waals surface area contributed by atoms with E-state index in [1.54, 1.807) is 7.11 Å². The predicted molar refractivity (Wildman–Crippen MR) is 112 cm³/mol. The first-order valence-electron chi connectivity index (χ1n) is 9.35. The molecule has 0 N–H and O–H groups in total. The Morgan fingerprint density at radius 3 is 2.58 bits per heavy atom. The summed E-state index contributed by atoms with van der Waals surface area (Å²) in [5.74, 6) is 1.54. The fraction of sp³-hybridized carbons (Fsp3) is 0.632. The normalized spacial score (nSPS) is 12.3. The molecular weight excluding hydrogens is 366 g/mol. The predicted octanol–water partition coefficient (Wildman–Crippen LogP) is 2.98. The molecule has 0 fully saturated rings. The minimum atomic E-state index is -1.35. The van der Waals surface area contributed by atoms with Gasteiger partial charge in [0.2, 0.25) is 14.2 Å². The SMILES string of the molecule is CCN(CC)CCO[SiH](CCCSC(=O)COc1ccccc1)COC. The summed E-state index contributed by atoms with van der Waals surface area (Å²) in [6.45, 7) is 8.32. The van der Waals surface area contributed by atoms with Gasteiger partial charge in [0.25, 0.3) is 0 Å². The summed E-state index contributed by atoms with van der Waals surface area (Å²) in [5.41, 5.74) is 0. The third-order valence-electron chi connectivity index (χ3n) is 4.04. The highest BCUT2D eigenvalue weighted by Crippen LogP contribution is 2.12. The average Bonchev–Trinajstić information content (AvgIpc) is 2.67. The molecule has 5 nitrogen and oxygen atoms in total. The van der Waals surface area contributed by atoms with Crippen molar-refractivity contribution < 1.29 is 18.7 Å². The molecular formula is C19H33NO4SSi. The number of para-hydroxylation sites is 1. The molecule has 0 radical (unpaired) electrons. The molecule has 0 aliphatic carbocycles. The quantitative estimate of drug-likeness (QED) is 0.334. The Kier molecular flexibility index (Phi) is 13.6. The highest BCUT2D eigenvalue weighted by molar-refractivity contribution is 8.13. The molecule has 7 heteroatoms. The number of methoxy groups -OCH3 is 1. The fourth-order valence-electron chi connectivity index (χ4n) is 2.49. The Labute approximate surface area is 164 Å². The molecule has 26 heavy (non-hydrogen) atoms. The molecule has 0 heterocycles. The molecule has 0 saturated heterocycles. The molecule has 1 atom stereocenters. The first kappa shape index (κ1) is 23.2. The van der Waals surface area contributed by atoms with E-state index in [1.807, 2.05) is 30.3 Å². The molecule has 0 aliphatic heterocycles. The lowest BCUT2D eigenvalue weighted by Crippen LogP contribution is -2.32. The molecule has 0 aliphatic rings. The van der Waals surface area contributed by atoms with Gasteiger partial charge in [0, 0.05) is 26.0 Å². The number of carbonyl (C=O) groups is 1. The number of nitrogens with zero attached hydrogens (tertiary/aromatic N) is 1. The molecule has 1 unspecified atom stereocenters. The summed E-state index contributed by atoms with van der Waals surface area (Å²) in [5, 5.41) is 0.0706. The van der Waals surface area contributed by atoms with Crippen LogP contribution in [-0.2, 0) is 14.0 Å². The van der Waals surface area contributed by atoms with Crippen LogP contribution in [0, 0.1) is 0 Å². The van der Waals surface area contributed by atoms with Crippen LogP contribution in [0.5, 0.6) is 5.75 Å². The highest BCUT2D eigenvalue weighted by Gasteiger charge is 2.13. The molecule has 1 aromatic carbocycles. The lowest BCUT2D eigenvalue weighted by atomic mass is 10.3. The van der Waals surface area contributed by atoms with Crippen molar-refractivity contribution in [2.75, 3.05) is 51.9 Å². The van der Waals surface area contributed by atoms with Gasteiger partial charge < -0.3 is 18.8 Å². The maximum Gasteiger partial charge on any atom is 0.226 e. The molecule has 0 saturated carbocycles. The topological polar surface area (TPSA) is 48.0 Å². The number of hydrogen-bond acceptors (Lipinski definition) is 6. The smallest absolute Gasteiger partial charge is 0.226 e. The minimum Gasteiger partial charge on any atom is -0.485 e. The molecule has 0 amide bonds. The Balaban J connectivity index is 2.14. The fourth-order valence-corrected chi connectivity index (χ4v) is 5.36. The number of hydrogen-bond donors (Lipinski definition) is 0. The number of rotatable bonds is 15. The van der Waals surface area contributed by atoms with E-state index in [4.69, 9.17) is 13.9 Å². The van der Waals surface area contributed by atoms with E-state index in [-0.39, 0.29) is 11.7 Å². The van der Waals surface area contributed by atoms with Gasteiger partial charge >= 0.3 is 0 Å². The zero-order chi connectivity index (χ0) is 19.0. The van der Waals surface area contributed by atoms with E-state index in [0.29, 0.717) is 0 Å². The molecule has 0 spiro atoms. The van der Waals surface area contributed by atoms with E-state index in [0.717, 1.165) is 56.4 Å². The number of thioether (sulfide) groups is 1. The van der Waals surface area contributed by atoms with E-state index < -0.39 is 9.04 Å². The van der Waals surface area contributed by atoms with E-state index >= 15 is 0 Å². The van der Waals surface area contributed by atoms with Crippen molar-refractivity contribution in [2.45, 2.75) is 26.3 Å². The van der Waals surface area contributed by atoms with Gasteiger partial charge in [0.05, 0.1) is 6.23 Å². The van der Waals surface area contributed by atoms with E-state index in [9.17, 15) is 4.79 Å².